The number of ether oxygens (including phenoxy) is 4. The maximum absolute atomic E-state index is 13.3. The monoisotopic (exact) mass is 584 g/mol. The SMILES string of the molecule is C=C1C[C@H]2C(OCCCCCOC3=Nc4ccc(OC)cc4C(=O)N4CC(=C)C[C@@H]34)=Nc3ccc(OC)cc3C(=O)N2C1. The molecule has 4 heterocycles. The van der Waals surface area contributed by atoms with Crippen LogP contribution in [0, 0.1) is 0 Å². The van der Waals surface area contributed by atoms with Gasteiger partial charge in [0.1, 0.15) is 23.6 Å². The molecule has 0 unspecified atom stereocenters. The minimum atomic E-state index is -0.260. The van der Waals surface area contributed by atoms with E-state index in [9.17, 15) is 9.59 Å². The number of carbonyl (C=O) groups is 2. The summed E-state index contributed by atoms with van der Waals surface area (Å²) in [5.41, 5.74) is 4.13. The second kappa shape index (κ2) is 11.9. The van der Waals surface area contributed by atoms with Gasteiger partial charge in [0.15, 0.2) is 0 Å². The molecule has 4 aliphatic heterocycles. The van der Waals surface area contributed by atoms with E-state index in [1.807, 2.05) is 0 Å². The smallest absolute Gasteiger partial charge is 0.257 e. The highest BCUT2D eigenvalue weighted by Crippen LogP contribution is 2.36. The highest BCUT2D eigenvalue weighted by Gasteiger charge is 2.40. The average Bonchev–Trinajstić information content (AvgIpc) is 3.55. The fourth-order valence-electron chi connectivity index (χ4n) is 5.98. The Labute approximate surface area is 251 Å². The first-order valence-corrected chi connectivity index (χ1v) is 14.6. The molecule has 10 heteroatoms. The van der Waals surface area contributed by atoms with Gasteiger partial charge in [0, 0.05) is 13.1 Å². The third kappa shape index (κ3) is 5.61. The molecular weight excluding hydrogens is 548 g/mol. The Hall–Kier alpha value is -4.60. The number of fused-ring (bicyclic) bond motifs is 4. The summed E-state index contributed by atoms with van der Waals surface area (Å²) in [5.74, 6) is 2.13. The van der Waals surface area contributed by atoms with Crippen molar-refractivity contribution in [2.24, 2.45) is 9.98 Å². The summed E-state index contributed by atoms with van der Waals surface area (Å²) >= 11 is 0. The normalized spacial score (nSPS) is 20.8. The number of methoxy groups -OCH3 is 2. The second-order valence-electron chi connectivity index (χ2n) is 11.2. The lowest BCUT2D eigenvalue weighted by Gasteiger charge is -2.23. The molecule has 4 aliphatic rings. The number of amides is 2. The fraction of sp³-hybridized carbons (Fsp3) is 0.394. The van der Waals surface area contributed by atoms with Gasteiger partial charge in [-0.3, -0.25) is 9.59 Å². The Morgan fingerprint density at radius 3 is 1.58 bits per heavy atom. The maximum Gasteiger partial charge on any atom is 0.257 e. The molecule has 43 heavy (non-hydrogen) atoms. The van der Waals surface area contributed by atoms with Crippen LogP contribution in [0.4, 0.5) is 11.4 Å². The van der Waals surface area contributed by atoms with Gasteiger partial charge >= 0.3 is 0 Å². The summed E-state index contributed by atoms with van der Waals surface area (Å²) in [6, 6.07) is 10.1. The molecule has 2 atom stereocenters. The Morgan fingerprint density at radius 1 is 0.721 bits per heavy atom. The molecule has 2 fully saturated rings. The first-order valence-electron chi connectivity index (χ1n) is 14.6. The predicted octanol–water partition coefficient (Wildman–Crippen LogP) is 5.24. The minimum absolute atomic E-state index is 0.0914. The van der Waals surface area contributed by atoms with Crippen molar-refractivity contribution in [2.75, 3.05) is 40.5 Å². The summed E-state index contributed by atoms with van der Waals surface area (Å²) < 4.78 is 23.0. The quantitative estimate of drug-likeness (QED) is 0.311. The van der Waals surface area contributed by atoms with Gasteiger partial charge in [-0.05, 0) is 68.5 Å². The molecule has 2 amide bonds. The van der Waals surface area contributed by atoms with Crippen LogP contribution in [0.15, 0.2) is 70.7 Å². The molecule has 0 radical (unpaired) electrons. The number of hydrogen-bond acceptors (Lipinski definition) is 8. The van der Waals surface area contributed by atoms with Gasteiger partial charge < -0.3 is 28.7 Å². The molecule has 2 aromatic rings. The number of aliphatic imine (C=N–C) groups is 2. The molecule has 0 spiro atoms. The zero-order chi connectivity index (χ0) is 30.1. The summed E-state index contributed by atoms with van der Waals surface area (Å²) in [7, 11) is 3.16. The van der Waals surface area contributed by atoms with Crippen LogP contribution in [-0.4, -0.2) is 86.0 Å². The fourth-order valence-corrected chi connectivity index (χ4v) is 5.98. The standard InChI is InChI=1S/C33H36N4O6/c1-20-14-28-30(34-26-10-8-22(40-3)16-24(26)32(38)36(28)18-20)42-12-6-5-7-13-43-31-29-15-21(2)19-37(29)33(39)25-17-23(41-4)9-11-27(25)35-31/h8-11,16-17,28-29H,1-2,5-7,12-15,18-19H2,3-4H3/t28-,29-/m0/s1. The molecule has 0 N–H and O–H groups in total. The molecule has 0 aromatic heterocycles. The van der Waals surface area contributed by atoms with E-state index < -0.39 is 0 Å². The lowest BCUT2D eigenvalue weighted by Crippen LogP contribution is -2.40. The summed E-state index contributed by atoms with van der Waals surface area (Å²) in [6.45, 7) is 10.1. The van der Waals surface area contributed by atoms with E-state index in [0.717, 1.165) is 30.4 Å². The van der Waals surface area contributed by atoms with Crippen molar-refractivity contribution in [3.63, 3.8) is 0 Å². The summed E-state index contributed by atoms with van der Waals surface area (Å²) in [6.07, 6.45) is 3.71. The Morgan fingerprint density at radius 2 is 1.16 bits per heavy atom. The van der Waals surface area contributed by atoms with E-state index in [-0.39, 0.29) is 23.9 Å². The number of unbranched alkanes of at least 4 members (excludes halogenated alkanes) is 2. The van der Waals surface area contributed by atoms with Crippen LogP contribution in [0.1, 0.15) is 52.8 Å². The van der Waals surface area contributed by atoms with Crippen LogP contribution in [0.3, 0.4) is 0 Å². The van der Waals surface area contributed by atoms with Gasteiger partial charge in [0.2, 0.25) is 11.8 Å². The molecule has 0 aliphatic carbocycles. The van der Waals surface area contributed by atoms with Crippen molar-refractivity contribution in [1.29, 1.82) is 0 Å². The van der Waals surface area contributed by atoms with Crippen molar-refractivity contribution in [2.45, 2.75) is 44.2 Å². The third-order valence-electron chi connectivity index (χ3n) is 8.21. The second-order valence-corrected chi connectivity index (χ2v) is 11.2. The maximum atomic E-state index is 13.3. The number of hydrogen-bond donors (Lipinski definition) is 0. The van der Waals surface area contributed by atoms with Crippen LogP contribution in [-0.2, 0) is 9.47 Å². The topological polar surface area (TPSA) is 102 Å². The molecule has 2 aromatic carbocycles. The van der Waals surface area contributed by atoms with Crippen molar-refractivity contribution in [1.82, 2.24) is 9.80 Å². The van der Waals surface area contributed by atoms with E-state index in [1.54, 1.807) is 60.4 Å². The Bertz CT molecular complexity index is 1430. The lowest BCUT2D eigenvalue weighted by molar-refractivity contribution is 0.0756. The van der Waals surface area contributed by atoms with E-state index in [4.69, 9.17) is 28.9 Å². The van der Waals surface area contributed by atoms with Crippen molar-refractivity contribution in [3.05, 3.63) is 71.8 Å². The van der Waals surface area contributed by atoms with E-state index in [1.165, 1.54) is 0 Å². The van der Waals surface area contributed by atoms with Gasteiger partial charge in [-0.1, -0.05) is 24.3 Å². The Balaban J connectivity index is 1.06. The van der Waals surface area contributed by atoms with Crippen molar-refractivity contribution >= 4 is 35.0 Å². The summed E-state index contributed by atoms with van der Waals surface area (Å²) in [4.78, 5) is 39.8. The molecule has 10 nitrogen and oxygen atoms in total. The first kappa shape index (κ1) is 28.5. The van der Waals surface area contributed by atoms with Crippen LogP contribution in [0.25, 0.3) is 0 Å². The largest absolute Gasteiger partial charge is 0.497 e. The van der Waals surface area contributed by atoms with Gasteiger partial charge in [-0.25, -0.2) is 9.98 Å². The predicted molar refractivity (Wildman–Crippen MR) is 163 cm³/mol. The molecule has 224 valence electrons. The molecule has 2 saturated heterocycles. The zero-order valence-electron chi connectivity index (χ0n) is 24.6. The average molecular weight is 585 g/mol. The van der Waals surface area contributed by atoms with Gasteiger partial charge in [-0.15, -0.1) is 0 Å². The van der Waals surface area contributed by atoms with Crippen molar-refractivity contribution in [3.8, 4) is 11.5 Å². The highest BCUT2D eigenvalue weighted by molar-refractivity contribution is 6.06. The van der Waals surface area contributed by atoms with Crippen molar-refractivity contribution < 1.29 is 28.5 Å². The number of rotatable bonds is 8. The first-order chi connectivity index (χ1) is 20.9. The van der Waals surface area contributed by atoms with Crippen LogP contribution >= 0.6 is 0 Å². The van der Waals surface area contributed by atoms with E-state index >= 15 is 0 Å². The van der Waals surface area contributed by atoms with Gasteiger partial charge in [-0.2, -0.15) is 0 Å². The van der Waals surface area contributed by atoms with Crippen LogP contribution < -0.4 is 9.47 Å². The summed E-state index contributed by atoms with van der Waals surface area (Å²) in [5, 5.41) is 0. The lowest BCUT2D eigenvalue weighted by atomic mass is 10.1. The molecule has 0 saturated carbocycles. The van der Waals surface area contributed by atoms with Crippen LogP contribution in [0.5, 0.6) is 11.5 Å². The van der Waals surface area contributed by atoms with Crippen LogP contribution in [0.2, 0.25) is 0 Å². The number of carbonyl (C=O) groups excluding carboxylic acids is 2. The number of benzene rings is 2. The zero-order valence-corrected chi connectivity index (χ0v) is 24.6. The number of nitrogens with zero attached hydrogens (tertiary/aromatic N) is 4. The third-order valence-corrected chi connectivity index (χ3v) is 8.21. The highest BCUT2D eigenvalue weighted by atomic mass is 16.5. The van der Waals surface area contributed by atoms with Gasteiger partial charge in [0.25, 0.3) is 11.8 Å². The van der Waals surface area contributed by atoms with E-state index in [2.05, 4.69) is 13.2 Å². The van der Waals surface area contributed by atoms with Gasteiger partial charge in [0.05, 0.1) is 49.9 Å². The minimum Gasteiger partial charge on any atom is -0.497 e. The molecule has 0 bridgehead atoms. The molecule has 6 rings (SSSR count). The van der Waals surface area contributed by atoms with E-state index in [0.29, 0.717) is 84.9 Å². The molecular formula is C33H36N4O6. The Kier molecular flexibility index (Phi) is 7.92.